The predicted molar refractivity (Wildman–Crippen MR) is 306 cm³/mol. The third-order valence-corrected chi connectivity index (χ3v) is 18.6. The van der Waals surface area contributed by atoms with E-state index >= 15 is 0 Å². The average molecular weight is 1820 g/mol. The Morgan fingerprint density at radius 3 is 0.657 bits per heavy atom. The van der Waals surface area contributed by atoms with Crippen LogP contribution < -0.4 is 0 Å². The van der Waals surface area contributed by atoms with Crippen molar-refractivity contribution in [3.63, 3.8) is 0 Å². The lowest BCUT2D eigenvalue weighted by molar-refractivity contribution is -0.380. The fourth-order valence-electron chi connectivity index (χ4n) is 9.39. The lowest BCUT2D eigenvalue weighted by atomic mass is 9.95. The normalized spacial score (nSPS) is 31.5. The molecule has 0 radical (unpaired) electrons. The summed E-state index contributed by atoms with van der Waals surface area (Å²) >= 11 is 0. The zero-order chi connectivity index (χ0) is 80.7. The van der Waals surface area contributed by atoms with E-state index in [0.29, 0.717) is 25.7 Å². The Morgan fingerprint density at radius 1 is 0.229 bits per heavy atom. The van der Waals surface area contributed by atoms with Gasteiger partial charge in [-0.1, -0.05) is 39.0 Å². The molecular formula is C32H58O60S13. The van der Waals surface area contributed by atoms with Gasteiger partial charge in [-0.05, 0) is 6.42 Å². The molecule has 0 saturated carbocycles. The molecule has 73 heteroatoms. The van der Waals surface area contributed by atoms with Crippen LogP contribution in [0.25, 0.3) is 0 Å². The number of hydrogen-bond acceptors (Lipinski definition) is 47. The molecule has 4 saturated heterocycles. The van der Waals surface area contributed by atoms with Crippen LogP contribution in [-0.4, -0.2) is 324 Å². The van der Waals surface area contributed by atoms with Gasteiger partial charge in [-0.3, -0.25) is 59.2 Å². The Labute approximate surface area is 593 Å². The second-order valence-corrected chi connectivity index (χ2v) is 34.2. The lowest BCUT2D eigenvalue weighted by Crippen LogP contribution is -2.70. The Bertz CT molecular complexity index is 4490. The number of rotatable bonds is 44. The molecule has 0 bridgehead atoms. The molecule has 624 valence electrons. The first-order valence-corrected chi connectivity index (χ1v) is 44.4. The first-order chi connectivity index (χ1) is 47.1. The van der Waals surface area contributed by atoms with E-state index in [1.54, 1.807) is 6.92 Å². The number of unbranched alkanes of at least 4 members (excludes halogenated alkanes) is 5. The van der Waals surface area contributed by atoms with Crippen molar-refractivity contribution < 1.29 is 261 Å². The van der Waals surface area contributed by atoms with E-state index < -0.39 is 291 Å². The summed E-state index contributed by atoms with van der Waals surface area (Å²) in [6.07, 6.45) is -69.5. The predicted octanol–water partition coefficient (Wildman–Crippen LogP) is -8.61. The fourth-order valence-corrected chi connectivity index (χ4v) is 15.1. The van der Waals surface area contributed by atoms with Gasteiger partial charge in [0, 0.05) is 6.61 Å². The zero-order valence-corrected chi connectivity index (χ0v) is 61.2. The molecular weight excluding hydrogens is 1760 g/mol. The largest absolute Gasteiger partial charge is 0.397 e. The summed E-state index contributed by atoms with van der Waals surface area (Å²) in [6.45, 7) is -7.87. The van der Waals surface area contributed by atoms with Crippen LogP contribution in [0, 0.1) is 0 Å². The Hall–Kier alpha value is -2.01. The quantitative estimate of drug-likeness (QED) is 0.0199. The summed E-state index contributed by atoms with van der Waals surface area (Å²) in [5.74, 6) is 0. The molecule has 20 atom stereocenters. The molecule has 60 nitrogen and oxygen atoms in total. The van der Waals surface area contributed by atoms with Crippen LogP contribution in [-0.2, 0) is 227 Å². The maximum Gasteiger partial charge on any atom is 0.397 e. The molecule has 1 unspecified atom stereocenters. The van der Waals surface area contributed by atoms with E-state index in [9.17, 15) is 169 Å². The molecule has 0 amide bonds. The first kappa shape index (κ1) is 95.4. The van der Waals surface area contributed by atoms with Gasteiger partial charge in [0.15, 0.2) is 49.6 Å². The van der Waals surface area contributed by atoms with Crippen molar-refractivity contribution in [1.82, 2.24) is 0 Å². The van der Waals surface area contributed by atoms with Crippen molar-refractivity contribution in [3.8, 4) is 0 Å². The van der Waals surface area contributed by atoms with Crippen molar-refractivity contribution in [1.29, 1.82) is 0 Å². The van der Waals surface area contributed by atoms with E-state index in [1.807, 2.05) is 0 Å². The Kier molecular flexibility index (Phi) is 33.5. The highest BCUT2D eigenvalue weighted by atomic mass is 32.3. The van der Waals surface area contributed by atoms with Crippen molar-refractivity contribution in [2.75, 3.05) is 33.0 Å². The number of hydrogen-bond donors (Lipinski definition) is 13. The van der Waals surface area contributed by atoms with Gasteiger partial charge >= 0.3 is 135 Å². The summed E-state index contributed by atoms with van der Waals surface area (Å²) in [4.78, 5) is 0. The van der Waals surface area contributed by atoms with Crippen molar-refractivity contribution in [3.05, 3.63) is 0 Å². The molecule has 13 N–H and O–H groups in total. The first-order valence-electron chi connectivity index (χ1n) is 26.6. The molecule has 0 aromatic carbocycles. The van der Waals surface area contributed by atoms with Crippen LogP contribution in [0.2, 0.25) is 0 Å². The van der Waals surface area contributed by atoms with Crippen LogP contribution in [0.5, 0.6) is 0 Å². The van der Waals surface area contributed by atoms with Crippen molar-refractivity contribution in [2.24, 2.45) is 0 Å². The van der Waals surface area contributed by atoms with E-state index in [2.05, 4.69) is 54.4 Å². The number of ether oxygens (including phenoxy) is 8. The molecule has 0 aromatic heterocycles. The summed E-state index contributed by atoms with van der Waals surface area (Å²) in [5.41, 5.74) is 0. The molecule has 0 aliphatic carbocycles. The molecule has 0 spiro atoms. The molecule has 0 aromatic rings. The molecule has 4 aliphatic heterocycles. The van der Waals surface area contributed by atoms with Crippen LogP contribution in [0.4, 0.5) is 0 Å². The summed E-state index contributed by atoms with van der Waals surface area (Å²) in [6, 6.07) is 0. The summed E-state index contributed by atoms with van der Waals surface area (Å²) < 4.78 is 552. The van der Waals surface area contributed by atoms with Crippen LogP contribution in [0.15, 0.2) is 0 Å². The van der Waals surface area contributed by atoms with Crippen LogP contribution >= 0.6 is 0 Å². The van der Waals surface area contributed by atoms with E-state index in [4.69, 9.17) is 37.9 Å². The van der Waals surface area contributed by atoms with E-state index in [-0.39, 0.29) is 12.8 Å². The lowest BCUT2D eigenvalue weighted by Gasteiger charge is -2.51. The second-order valence-electron chi connectivity index (χ2n) is 20.4. The molecule has 4 heterocycles. The SMILES string of the molecule is CCCCCCCCOC1O[C@H](COS(=O)(=O)O)[C@@H](OS(=O)(=O)O)[C@H](O[C@@H]2O[C@H](COS(=O)(=O)O)[C@@H](OS(=O)(=O)O)[C@H](O[C@@H]3O[C@H](COS(=O)(=O)O)[C@@H](OS(=O)(=O)O)[C@H](O[C@@H]4O[C@H](COS(=O)(=O)O)[C@@H](OS(=O)(=O)O)[C@H](OS(=O)(=O)O)[C@H]4OS(=O)(=O)O)[C@H]3OS(=O)(=O)O)[C@H]2OS(=O)(=O)O)[C@H]1OS(=O)(=O)O. The van der Waals surface area contributed by atoms with Gasteiger partial charge in [-0.2, -0.15) is 109 Å². The summed E-state index contributed by atoms with van der Waals surface area (Å²) in [5, 5.41) is 0. The fraction of sp³-hybridized carbons (Fsp3) is 1.00. The monoisotopic (exact) mass is 1820 g/mol. The third kappa shape index (κ3) is 36.1. The summed E-state index contributed by atoms with van der Waals surface area (Å²) in [7, 11) is -83.6. The smallest absolute Gasteiger partial charge is 0.350 e. The zero-order valence-electron chi connectivity index (χ0n) is 50.6. The Morgan fingerprint density at radius 2 is 0.419 bits per heavy atom. The van der Waals surface area contributed by atoms with E-state index in [1.165, 1.54) is 0 Å². The standard InChI is InChI=1S/C32H58O60S13/c1-2-3-4-5-6-7-8-72-29-25(89-102(60,61)62)21(17(84-97(45,46)47)13(77-29)9-73-93(33,34)35)81-30-26(90-103(63,64)65)22(18(85-98(48,49)50)14(78-30)10-74-94(36,37)38)82-31-27(91-104(66,67)68)23(19(86-99(51,52)53)15(79-31)11-75-95(39,40)41)83-32-28(92-105(69,70)71)24(88-101(57,58)59)20(87-100(54,55)56)16(80-32)12-76-96(42,43)44/h13-32H,2-12H2,1H3,(H,33,34,35)(H,36,37,38)(H,39,40,41)(H,42,43,44)(H,45,46,47)(H,48,49,50)(H,51,52,53)(H,54,55,56)(H,57,58,59)(H,60,61,62)(H,63,64,65)(H,66,67,68)(H,69,70,71)/t13-,14-,15-,16-,17-,18-,19-,20-,21+,22+,23+,24+,25-,26-,27-,28-,29?,30+,31+,32+/m1/s1. The maximum absolute atomic E-state index is 13.1. The van der Waals surface area contributed by atoms with Crippen molar-refractivity contribution >= 4 is 135 Å². The second kappa shape index (κ2) is 36.9. The average Bonchev–Trinajstić information content (AvgIpc) is 0.755. The minimum atomic E-state index is -6.87. The Balaban J connectivity index is 2.29. The van der Waals surface area contributed by atoms with Gasteiger partial charge in [-0.15, -0.1) is 0 Å². The van der Waals surface area contributed by atoms with Gasteiger partial charge < -0.3 is 37.9 Å². The molecule has 4 rings (SSSR count). The van der Waals surface area contributed by atoms with Gasteiger partial charge in [0.25, 0.3) is 0 Å². The highest BCUT2D eigenvalue weighted by Crippen LogP contribution is 2.42. The van der Waals surface area contributed by atoms with Gasteiger partial charge in [0.1, 0.15) is 73.2 Å². The molecule has 4 fully saturated rings. The van der Waals surface area contributed by atoms with E-state index in [0.717, 1.165) is 0 Å². The highest BCUT2D eigenvalue weighted by Gasteiger charge is 2.63. The van der Waals surface area contributed by atoms with Gasteiger partial charge in [-0.25, -0.2) is 54.4 Å². The third-order valence-electron chi connectivity index (χ3n) is 12.6. The van der Waals surface area contributed by atoms with Crippen molar-refractivity contribution in [2.45, 2.75) is 168 Å². The van der Waals surface area contributed by atoms with Gasteiger partial charge in [0.05, 0.1) is 26.4 Å². The van der Waals surface area contributed by atoms with Crippen LogP contribution in [0.1, 0.15) is 45.4 Å². The molecule has 105 heavy (non-hydrogen) atoms. The van der Waals surface area contributed by atoms with Gasteiger partial charge in [0.2, 0.25) is 0 Å². The minimum absolute atomic E-state index is 0.151. The highest BCUT2D eigenvalue weighted by molar-refractivity contribution is 7.83. The molecule has 4 aliphatic rings. The maximum atomic E-state index is 13.1. The topological polar surface area (TPSA) is 901 Å². The minimum Gasteiger partial charge on any atom is -0.350 e. The van der Waals surface area contributed by atoms with Crippen LogP contribution in [0.3, 0.4) is 0 Å².